The Morgan fingerprint density at radius 3 is 2.86 bits per heavy atom. The van der Waals surface area contributed by atoms with Crippen molar-refractivity contribution >= 4 is 22.3 Å². The Balaban J connectivity index is 1.35. The van der Waals surface area contributed by atoms with Crippen molar-refractivity contribution in [2.24, 2.45) is 0 Å². The number of nitriles is 1. The first-order valence-corrected chi connectivity index (χ1v) is 13.0. The lowest BCUT2D eigenvalue weighted by molar-refractivity contribution is 0.187. The molecule has 0 aliphatic carbocycles. The zero-order valence-corrected chi connectivity index (χ0v) is 20.9. The molecule has 36 heavy (non-hydrogen) atoms. The predicted octanol–water partition coefficient (Wildman–Crippen LogP) is 2.97. The van der Waals surface area contributed by atoms with Crippen molar-refractivity contribution in [1.82, 2.24) is 20.2 Å². The van der Waals surface area contributed by atoms with Gasteiger partial charge in [0.15, 0.2) is 0 Å². The molecule has 2 saturated heterocycles. The molecule has 0 radical (unpaired) electrons. The van der Waals surface area contributed by atoms with E-state index in [-0.39, 0.29) is 6.04 Å². The molecule has 3 aromatic rings. The van der Waals surface area contributed by atoms with Crippen molar-refractivity contribution in [3.8, 4) is 12.1 Å². The zero-order valence-electron chi connectivity index (χ0n) is 20.9. The summed E-state index contributed by atoms with van der Waals surface area (Å²) in [5.74, 6) is 0.875. The zero-order chi connectivity index (χ0) is 24.5. The van der Waals surface area contributed by atoms with Crippen LogP contribution in [-0.2, 0) is 13.0 Å². The summed E-state index contributed by atoms with van der Waals surface area (Å²) < 4.78 is 6.23. The number of nitrogens with zero attached hydrogens (tertiary/aromatic N) is 6. The van der Waals surface area contributed by atoms with Gasteiger partial charge in [-0.15, -0.1) is 0 Å². The number of benzene rings is 2. The number of aromatic nitrogens is 2. The summed E-state index contributed by atoms with van der Waals surface area (Å²) in [6, 6.07) is 18.1. The highest BCUT2D eigenvalue weighted by molar-refractivity contribution is 5.94. The van der Waals surface area contributed by atoms with Gasteiger partial charge < -0.3 is 24.8 Å². The lowest BCUT2D eigenvalue weighted by Gasteiger charge is -2.37. The quantitative estimate of drug-likeness (QED) is 0.593. The lowest BCUT2D eigenvalue weighted by atomic mass is 10.0. The van der Waals surface area contributed by atoms with Crippen LogP contribution >= 0.6 is 0 Å². The van der Waals surface area contributed by atoms with Gasteiger partial charge in [-0.1, -0.05) is 36.4 Å². The second kappa shape index (κ2) is 9.92. The van der Waals surface area contributed by atoms with Crippen LogP contribution in [0.5, 0.6) is 6.01 Å². The first kappa shape index (κ1) is 23.0. The van der Waals surface area contributed by atoms with Crippen molar-refractivity contribution in [3.63, 3.8) is 0 Å². The normalized spacial score (nSPS) is 22.4. The molecule has 186 valence electrons. The smallest absolute Gasteiger partial charge is 0.318 e. The van der Waals surface area contributed by atoms with E-state index in [1.165, 1.54) is 22.9 Å². The topological polar surface area (TPSA) is 80.5 Å². The lowest BCUT2D eigenvalue weighted by Crippen LogP contribution is -2.51. The summed E-state index contributed by atoms with van der Waals surface area (Å²) in [6.07, 6.45) is 3.17. The molecule has 6 rings (SSSR count). The monoisotopic (exact) mass is 483 g/mol. The molecule has 2 aromatic carbocycles. The number of hydrogen-bond acceptors (Lipinski definition) is 8. The average molecular weight is 484 g/mol. The Hall–Kier alpha value is -3.41. The molecule has 2 atom stereocenters. The third-order valence-corrected chi connectivity index (χ3v) is 7.87. The molecule has 1 N–H and O–H groups in total. The van der Waals surface area contributed by atoms with Gasteiger partial charge in [-0.05, 0) is 44.3 Å². The van der Waals surface area contributed by atoms with Crippen LogP contribution in [0.3, 0.4) is 0 Å². The summed E-state index contributed by atoms with van der Waals surface area (Å²) in [7, 11) is 2.15. The van der Waals surface area contributed by atoms with Gasteiger partial charge in [-0.25, -0.2) is 0 Å². The molecule has 8 heteroatoms. The molecule has 4 heterocycles. The van der Waals surface area contributed by atoms with Crippen LogP contribution < -0.4 is 19.9 Å². The molecule has 3 aliphatic rings. The largest absolute Gasteiger partial charge is 0.462 e. The Labute approximate surface area is 212 Å². The van der Waals surface area contributed by atoms with Crippen LogP contribution in [0.25, 0.3) is 10.8 Å². The van der Waals surface area contributed by atoms with E-state index in [1.54, 1.807) is 0 Å². The van der Waals surface area contributed by atoms with Crippen LogP contribution in [0.2, 0.25) is 0 Å². The predicted molar refractivity (Wildman–Crippen MR) is 141 cm³/mol. The number of hydrogen-bond donors (Lipinski definition) is 1. The number of fused-ring (bicyclic) bond motifs is 2. The average Bonchev–Trinajstić information content (AvgIpc) is 3.35. The number of likely N-dealkylation sites (N-methyl/N-ethyl adjacent to an activating group) is 1. The van der Waals surface area contributed by atoms with E-state index in [9.17, 15) is 5.26 Å². The molecular weight excluding hydrogens is 450 g/mol. The molecule has 8 nitrogen and oxygen atoms in total. The first-order valence-electron chi connectivity index (χ1n) is 13.0. The van der Waals surface area contributed by atoms with E-state index in [0.717, 1.165) is 56.1 Å². The van der Waals surface area contributed by atoms with Gasteiger partial charge in [0.1, 0.15) is 18.5 Å². The highest BCUT2D eigenvalue weighted by Crippen LogP contribution is 2.34. The van der Waals surface area contributed by atoms with Crippen molar-refractivity contribution in [2.75, 3.05) is 56.2 Å². The van der Waals surface area contributed by atoms with Crippen molar-refractivity contribution in [3.05, 3.63) is 53.7 Å². The number of likely N-dealkylation sites (tertiary alicyclic amines) is 1. The van der Waals surface area contributed by atoms with Gasteiger partial charge in [-0.3, -0.25) is 0 Å². The number of rotatable bonds is 5. The summed E-state index contributed by atoms with van der Waals surface area (Å²) in [6.45, 7) is 5.50. The fraction of sp³-hybridized carbons (Fsp3) is 0.464. The van der Waals surface area contributed by atoms with E-state index in [2.05, 4.69) is 75.6 Å². The van der Waals surface area contributed by atoms with Crippen LogP contribution in [-0.4, -0.2) is 73.3 Å². The van der Waals surface area contributed by atoms with E-state index in [1.807, 2.05) is 0 Å². The molecule has 0 spiro atoms. The summed E-state index contributed by atoms with van der Waals surface area (Å²) in [5.41, 5.74) is 3.38. The minimum absolute atomic E-state index is 0.248. The summed E-state index contributed by atoms with van der Waals surface area (Å²) in [4.78, 5) is 16.8. The highest BCUT2D eigenvalue weighted by Gasteiger charge is 2.31. The minimum atomic E-state index is -0.248. The van der Waals surface area contributed by atoms with Crippen molar-refractivity contribution < 1.29 is 4.74 Å². The maximum absolute atomic E-state index is 9.84. The van der Waals surface area contributed by atoms with Gasteiger partial charge in [0.25, 0.3) is 0 Å². The molecular formula is C28H33N7O. The summed E-state index contributed by atoms with van der Waals surface area (Å²) >= 11 is 0. The number of anilines is 2. The minimum Gasteiger partial charge on any atom is -0.462 e. The SMILES string of the molecule is CN1CCCC1COc1nc2c(c(N3CCNCC3C#N)n1)CCN(c1cccc3ccccc13)C2. The fourth-order valence-corrected chi connectivity index (χ4v) is 5.81. The number of ether oxygens (including phenoxy) is 1. The van der Waals surface area contributed by atoms with Crippen LogP contribution in [0.4, 0.5) is 11.5 Å². The second-order valence-corrected chi connectivity index (χ2v) is 10.1. The third-order valence-electron chi connectivity index (χ3n) is 7.87. The highest BCUT2D eigenvalue weighted by atomic mass is 16.5. The standard InChI is InChI=1S/C28H33N7O/c1-33-13-5-8-21(33)19-36-28-31-25-18-34(26-10-4-7-20-6-2-3-9-23(20)26)14-11-24(25)27(32-28)35-15-12-30-17-22(35)16-29/h2-4,6-7,9-10,21-22,30H,5,8,11-15,17-19H2,1H3. The maximum Gasteiger partial charge on any atom is 0.318 e. The molecule has 2 fully saturated rings. The Morgan fingerprint density at radius 2 is 2.00 bits per heavy atom. The van der Waals surface area contributed by atoms with Crippen molar-refractivity contribution in [2.45, 2.75) is 37.9 Å². The second-order valence-electron chi connectivity index (χ2n) is 10.1. The van der Waals surface area contributed by atoms with Gasteiger partial charge in [0.2, 0.25) is 0 Å². The van der Waals surface area contributed by atoms with Gasteiger partial charge in [0.05, 0.1) is 18.3 Å². The fourth-order valence-electron chi connectivity index (χ4n) is 5.81. The molecule has 0 bridgehead atoms. The third kappa shape index (κ3) is 4.34. The van der Waals surface area contributed by atoms with Crippen LogP contribution in [0, 0.1) is 11.3 Å². The number of piperazine rings is 1. The van der Waals surface area contributed by atoms with Crippen LogP contribution in [0.15, 0.2) is 42.5 Å². The maximum atomic E-state index is 9.84. The molecule has 0 saturated carbocycles. The molecule has 3 aliphatic heterocycles. The summed E-state index contributed by atoms with van der Waals surface area (Å²) in [5, 5.41) is 15.7. The Bertz CT molecular complexity index is 1280. The molecule has 1 aromatic heterocycles. The van der Waals surface area contributed by atoms with Gasteiger partial charge in [0, 0.05) is 48.9 Å². The number of nitrogens with one attached hydrogen (secondary N) is 1. The molecule has 0 amide bonds. The van der Waals surface area contributed by atoms with Crippen LogP contribution in [0.1, 0.15) is 24.1 Å². The van der Waals surface area contributed by atoms with E-state index in [0.29, 0.717) is 31.7 Å². The van der Waals surface area contributed by atoms with E-state index in [4.69, 9.17) is 14.7 Å². The molecule has 2 unspecified atom stereocenters. The van der Waals surface area contributed by atoms with Gasteiger partial charge in [-0.2, -0.15) is 15.2 Å². The Kier molecular flexibility index (Phi) is 6.34. The van der Waals surface area contributed by atoms with E-state index >= 15 is 0 Å². The van der Waals surface area contributed by atoms with Crippen molar-refractivity contribution in [1.29, 1.82) is 5.26 Å². The van der Waals surface area contributed by atoms with E-state index < -0.39 is 0 Å². The van der Waals surface area contributed by atoms with Gasteiger partial charge >= 0.3 is 6.01 Å². The Morgan fingerprint density at radius 1 is 1.11 bits per heavy atom. The first-order chi connectivity index (χ1) is 17.7.